The van der Waals surface area contributed by atoms with E-state index < -0.39 is 0 Å². The summed E-state index contributed by atoms with van der Waals surface area (Å²) >= 11 is 0. The fourth-order valence-corrected chi connectivity index (χ4v) is 2.17. The van der Waals surface area contributed by atoms with Crippen LogP contribution in [0.5, 0.6) is 5.88 Å². The van der Waals surface area contributed by atoms with E-state index in [1.54, 1.807) is 11.8 Å². The van der Waals surface area contributed by atoms with Gasteiger partial charge in [-0.25, -0.2) is 4.68 Å². The van der Waals surface area contributed by atoms with Crippen LogP contribution in [0.3, 0.4) is 0 Å². The molecule has 0 spiro atoms. The number of nitrogens with zero attached hydrogens (tertiary/aromatic N) is 2. The Hall–Kier alpha value is -1.23. The van der Waals surface area contributed by atoms with Gasteiger partial charge in [0.15, 0.2) is 5.82 Å². The Morgan fingerprint density at radius 1 is 1.65 bits per heavy atom. The first-order chi connectivity index (χ1) is 8.00. The lowest BCUT2D eigenvalue weighted by atomic mass is 10.1. The zero-order valence-electron chi connectivity index (χ0n) is 11.0. The van der Waals surface area contributed by atoms with Crippen molar-refractivity contribution in [3.05, 3.63) is 6.07 Å². The molecule has 2 rings (SSSR count). The maximum Gasteiger partial charge on any atom is 0.213 e. The molecule has 1 saturated heterocycles. The van der Waals surface area contributed by atoms with Gasteiger partial charge in [0.2, 0.25) is 5.88 Å². The van der Waals surface area contributed by atoms with Crippen LogP contribution in [0.25, 0.3) is 0 Å². The summed E-state index contributed by atoms with van der Waals surface area (Å²) in [4.78, 5) is 0. The monoisotopic (exact) mass is 239 g/mol. The van der Waals surface area contributed by atoms with Crippen molar-refractivity contribution in [2.24, 2.45) is 7.05 Å². The van der Waals surface area contributed by atoms with E-state index >= 15 is 0 Å². The van der Waals surface area contributed by atoms with Crippen molar-refractivity contribution in [3.8, 4) is 5.88 Å². The lowest BCUT2D eigenvalue weighted by Gasteiger charge is -2.19. The van der Waals surface area contributed by atoms with E-state index in [1.807, 2.05) is 13.1 Å². The molecule has 0 saturated carbocycles. The van der Waals surface area contributed by atoms with Gasteiger partial charge in [-0.1, -0.05) is 0 Å². The van der Waals surface area contributed by atoms with Gasteiger partial charge in [0.25, 0.3) is 0 Å². The Kier molecular flexibility index (Phi) is 3.28. The first-order valence-corrected chi connectivity index (χ1v) is 6.00. The van der Waals surface area contributed by atoms with Crippen molar-refractivity contribution in [2.45, 2.75) is 38.4 Å². The highest BCUT2D eigenvalue weighted by molar-refractivity contribution is 5.38. The molecule has 1 unspecified atom stereocenters. The van der Waals surface area contributed by atoms with Crippen LogP contribution in [0.4, 0.5) is 5.82 Å². The average molecular weight is 239 g/mol. The van der Waals surface area contributed by atoms with E-state index in [0.29, 0.717) is 0 Å². The van der Waals surface area contributed by atoms with Gasteiger partial charge < -0.3 is 14.8 Å². The average Bonchev–Trinajstić information content (AvgIpc) is 2.78. The summed E-state index contributed by atoms with van der Waals surface area (Å²) < 4.78 is 12.8. The summed E-state index contributed by atoms with van der Waals surface area (Å²) in [5, 5.41) is 7.59. The van der Waals surface area contributed by atoms with Crippen molar-refractivity contribution in [1.82, 2.24) is 9.78 Å². The molecule has 1 aromatic rings. The lowest BCUT2D eigenvalue weighted by molar-refractivity contribution is -0.00914. The molecule has 0 aromatic carbocycles. The third-order valence-electron chi connectivity index (χ3n) is 3.11. The minimum absolute atomic E-state index is 0.0220. The number of rotatable bonds is 4. The molecule has 0 radical (unpaired) electrons. The molecule has 17 heavy (non-hydrogen) atoms. The maximum absolute atomic E-state index is 5.91. The highest BCUT2D eigenvalue weighted by Crippen LogP contribution is 2.29. The van der Waals surface area contributed by atoms with E-state index in [1.165, 1.54) is 0 Å². The Morgan fingerprint density at radius 2 is 2.41 bits per heavy atom. The van der Waals surface area contributed by atoms with Crippen LogP contribution in [-0.2, 0) is 11.8 Å². The molecule has 1 aliphatic heterocycles. The van der Waals surface area contributed by atoms with Gasteiger partial charge in [0.05, 0.1) is 18.8 Å². The predicted molar refractivity (Wildman–Crippen MR) is 66.4 cm³/mol. The van der Waals surface area contributed by atoms with Gasteiger partial charge >= 0.3 is 0 Å². The summed E-state index contributed by atoms with van der Waals surface area (Å²) in [6.07, 6.45) is 2.49. The Bertz CT molecular complexity index is 387. The second-order valence-corrected chi connectivity index (χ2v) is 5.11. The second kappa shape index (κ2) is 4.56. The molecule has 5 heteroatoms. The molecular weight excluding hydrogens is 218 g/mol. The van der Waals surface area contributed by atoms with Crippen LogP contribution in [0, 0.1) is 0 Å². The van der Waals surface area contributed by atoms with Crippen LogP contribution < -0.4 is 10.1 Å². The Labute approximate surface area is 102 Å². The smallest absolute Gasteiger partial charge is 0.213 e. The molecular formula is C12H21N3O2. The van der Waals surface area contributed by atoms with Gasteiger partial charge in [-0.3, -0.25) is 0 Å². The second-order valence-electron chi connectivity index (χ2n) is 5.11. The first kappa shape index (κ1) is 12.2. The summed E-state index contributed by atoms with van der Waals surface area (Å²) in [7, 11) is 3.50. The molecule has 2 heterocycles. The minimum Gasteiger partial charge on any atom is -0.481 e. The highest BCUT2D eigenvalue weighted by atomic mass is 16.5. The molecule has 1 aromatic heterocycles. The Balaban J connectivity index is 1.86. The maximum atomic E-state index is 5.91. The first-order valence-electron chi connectivity index (χ1n) is 6.00. The molecule has 0 amide bonds. The third-order valence-corrected chi connectivity index (χ3v) is 3.11. The number of hydrogen-bond acceptors (Lipinski definition) is 4. The zero-order valence-corrected chi connectivity index (χ0v) is 11.0. The van der Waals surface area contributed by atoms with E-state index in [2.05, 4.69) is 24.3 Å². The summed E-state index contributed by atoms with van der Waals surface area (Å²) in [5.41, 5.74) is 0.0220. The van der Waals surface area contributed by atoms with Crippen molar-refractivity contribution in [1.29, 1.82) is 0 Å². The van der Waals surface area contributed by atoms with Gasteiger partial charge in [-0.15, -0.1) is 0 Å². The molecule has 0 bridgehead atoms. The molecule has 1 atom stereocenters. The number of anilines is 1. The highest BCUT2D eigenvalue weighted by Gasteiger charge is 2.31. The Morgan fingerprint density at radius 3 is 2.94 bits per heavy atom. The van der Waals surface area contributed by atoms with Crippen LogP contribution in [0.15, 0.2) is 6.07 Å². The van der Waals surface area contributed by atoms with E-state index in [-0.39, 0.29) is 11.7 Å². The largest absolute Gasteiger partial charge is 0.481 e. The standard InChI is InChI=1S/C12H21N3O2/c1-12(2)6-5-9(17-12)8-13-10-7-11(16-4)15(3)14-10/h7,9H,5-6,8H2,1-4H3,(H,13,14). The summed E-state index contributed by atoms with van der Waals surface area (Å²) in [6, 6.07) is 1.89. The lowest BCUT2D eigenvalue weighted by Crippen LogP contribution is -2.24. The zero-order chi connectivity index (χ0) is 12.5. The van der Waals surface area contributed by atoms with E-state index in [4.69, 9.17) is 9.47 Å². The number of methoxy groups -OCH3 is 1. The quantitative estimate of drug-likeness (QED) is 0.870. The number of aromatic nitrogens is 2. The van der Waals surface area contributed by atoms with Crippen LogP contribution in [0.2, 0.25) is 0 Å². The van der Waals surface area contributed by atoms with Crippen molar-refractivity contribution in [3.63, 3.8) is 0 Å². The topological polar surface area (TPSA) is 48.3 Å². The van der Waals surface area contributed by atoms with Gasteiger partial charge in [0, 0.05) is 19.7 Å². The molecule has 1 N–H and O–H groups in total. The number of hydrogen-bond donors (Lipinski definition) is 1. The number of aryl methyl sites for hydroxylation is 1. The SMILES string of the molecule is COc1cc(NCC2CCC(C)(C)O2)nn1C. The molecule has 1 fully saturated rings. The van der Waals surface area contributed by atoms with Crippen LogP contribution in [-0.4, -0.2) is 35.1 Å². The minimum atomic E-state index is 0.0220. The normalized spacial score (nSPS) is 22.7. The third kappa shape index (κ3) is 2.91. The number of ether oxygens (including phenoxy) is 2. The van der Waals surface area contributed by atoms with Gasteiger partial charge in [0.1, 0.15) is 0 Å². The van der Waals surface area contributed by atoms with Gasteiger partial charge in [-0.05, 0) is 26.7 Å². The summed E-state index contributed by atoms with van der Waals surface area (Å²) in [6.45, 7) is 5.07. The predicted octanol–water partition coefficient (Wildman–Crippen LogP) is 1.80. The summed E-state index contributed by atoms with van der Waals surface area (Å²) in [5.74, 6) is 1.58. The van der Waals surface area contributed by atoms with Crippen LogP contribution in [0.1, 0.15) is 26.7 Å². The van der Waals surface area contributed by atoms with E-state index in [0.717, 1.165) is 31.1 Å². The fraction of sp³-hybridized carbons (Fsp3) is 0.750. The molecule has 1 aliphatic rings. The number of nitrogens with one attached hydrogen (secondary N) is 1. The molecule has 96 valence electrons. The molecule has 5 nitrogen and oxygen atoms in total. The van der Waals surface area contributed by atoms with Crippen molar-refractivity contribution >= 4 is 5.82 Å². The van der Waals surface area contributed by atoms with Crippen molar-refractivity contribution in [2.75, 3.05) is 19.0 Å². The van der Waals surface area contributed by atoms with Crippen molar-refractivity contribution < 1.29 is 9.47 Å². The van der Waals surface area contributed by atoms with E-state index in [9.17, 15) is 0 Å². The van der Waals surface area contributed by atoms with Crippen LogP contribution >= 0.6 is 0 Å². The van der Waals surface area contributed by atoms with Gasteiger partial charge in [-0.2, -0.15) is 5.10 Å². The fourth-order valence-electron chi connectivity index (χ4n) is 2.17. The molecule has 0 aliphatic carbocycles.